The fourth-order valence-electron chi connectivity index (χ4n) is 2.62. The number of anilines is 1. The lowest BCUT2D eigenvalue weighted by Gasteiger charge is -2.21. The Labute approximate surface area is 123 Å². The SMILES string of the molecule is CNC(=O)c1ccc([N+](=O)[O-])c(NCC2CCCCC2)n1. The second kappa shape index (κ2) is 7.01. The third kappa shape index (κ3) is 3.90. The van der Waals surface area contributed by atoms with Gasteiger partial charge in [0.2, 0.25) is 5.82 Å². The quantitative estimate of drug-likeness (QED) is 0.641. The van der Waals surface area contributed by atoms with Gasteiger partial charge in [0.15, 0.2) is 0 Å². The predicted octanol–water partition coefficient (Wildman–Crippen LogP) is 2.34. The van der Waals surface area contributed by atoms with Crippen molar-refractivity contribution in [2.24, 2.45) is 5.92 Å². The van der Waals surface area contributed by atoms with Crippen molar-refractivity contribution in [1.29, 1.82) is 0 Å². The molecule has 0 saturated heterocycles. The van der Waals surface area contributed by atoms with E-state index in [1.54, 1.807) is 0 Å². The maximum absolute atomic E-state index is 11.6. The molecule has 7 heteroatoms. The second-order valence-electron chi connectivity index (χ2n) is 5.29. The third-order valence-electron chi connectivity index (χ3n) is 3.81. The van der Waals surface area contributed by atoms with Gasteiger partial charge < -0.3 is 10.6 Å². The molecule has 1 aliphatic rings. The van der Waals surface area contributed by atoms with E-state index in [0.29, 0.717) is 12.5 Å². The predicted molar refractivity (Wildman–Crippen MR) is 79.3 cm³/mol. The van der Waals surface area contributed by atoms with E-state index in [-0.39, 0.29) is 23.1 Å². The number of carbonyl (C=O) groups is 1. The standard InChI is InChI=1S/C14H20N4O3/c1-15-14(19)11-7-8-12(18(20)21)13(17-11)16-9-10-5-3-2-4-6-10/h7-8,10H,2-6,9H2,1H3,(H,15,19)(H,16,17). The van der Waals surface area contributed by atoms with Crippen molar-refractivity contribution in [3.63, 3.8) is 0 Å². The molecule has 1 amide bonds. The Kier molecular flexibility index (Phi) is 5.08. The number of rotatable bonds is 5. The van der Waals surface area contributed by atoms with Crippen LogP contribution in [0.2, 0.25) is 0 Å². The summed E-state index contributed by atoms with van der Waals surface area (Å²) in [6.45, 7) is 0.658. The van der Waals surface area contributed by atoms with E-state index in [9.17, 15) is 14.9 Å². The fraction of sp³-hybridized carbons (Fsp3) is 0.571. The molecule has 0 bridgehead atoms. The Morgan fingerprint density at radius 3 is 2.71 bits per heavy atom. The van der Waals surface area contributed by atoms with Gasteiger partial charge in [-0.3, -0.25) is 14.9 Å². The number of hydrogen-bond acceptors (Lipinski definition) is 5. The van der Waals surface area contributed by atoms with Gasteiger partial charge in [-0.25, -0.2) is 4.98 Å². The molecule has 1 aromatic heterocycles. The maximum atomic E-state index is 11.6. The molecule has 0 radical (unpaired) electrons. The largest absolute Gasteiger partial charge is 0.364 e. The lowest BCUT2D eigenvalue weighted by Crippen LogP contribution is -2.21. The van der Waals surface area contributed by atoms with Crippen LogP contribution in [0.1, 0.15) is 42.6 Å². The molecule has 0 atom stereocenters. The third-order valence-corrected chi connectivity index (χ3v) is 3.81. The van der Waals surface area contributed by atoms with Crippen molar-refractivity contribution in [3.05, 3.63) is 27.9 Å². The fourth-order valence-corrected chi connectivity index (χ4v) is 2.62. The van der Waals surface area contributed by atoms with Gasteiger partial charge in [0.1, 0.15) is 5.69 Å². The first-order valence-electron chi connectivity index (χ1n) is 7.23. The molecule has 1 aliphatic carbocycles. The lowest BCUT2D eigenvalue weighted by molar-refractivity contribution is -0.384. The van der Waals surface area contributed by atoms with E-state index in [0.717, 1.165) is 12.8 Å². The average molecular weight is 292 g/mol. The van der Waals surface area contributed by atoms with E-state index < -0.39 is 4.92 Å². The van der Waals surface area contributed by atoms with Gasteiger partial charge in [0.25, 0.3) is 5.91 Å². The molecular formula is C14H20N4O3. The van der Waals surface area contributed by atoms with Crippen LogP contribution in [0.5, 0.6) is 0 Å². The van der Waals surface area contributed by atoms with Crippen LogP contribution in [-0.4, -0.2) is 29.4 Å². The molecule has 0 spiro atoms. The second-order valence-corrected chi connectivity index (χ2v) is 5.29. The minimum Gasteiger partial charge on any atom is -0.364 e. The van der Waals surface area contributed by atoms with E-state index in [1.807, 2.05) is 0 Å². The summed E-state index contributed by atoms with van der Waals surface area (Å²) in [6, 6.07) is 2.68. The van der Waals surface area contributed by atoms with Gasteiger partial charge in [-0.2, -0.15) is 0 Å². The molecule has 0 aliphatic heterocycles. The molecule has 7 nitrogen and oxygen atoms in total. The van der Waals surface area contributed by atoms with Crippen LogP contribution in [0.4, 0.5) is 11.5 Å². The summed E-state index contributed by atoms with van der Waals surface area (Å²) in [7, 11) is 1.50. The van der Waals surface area contributed by atoms with E-state index in [2.05, 4.69) is 15.6 Å². The highest BCUT2D eigenvalue weighted by Crippen LogP contribution is 2.26. The Morgan fingerprint density at radius 2 is 2.10 bits per heavy atom. The topological polar surface area (TPSA) is 97.2 Å². The first-order valence-corrected chi connectivity index (χ1v) is 7.23. The minimum atomic E-state index is -0.482. The van der Waals surface area contributed by atoms with Crippen LogP contribution >= 0.6 is 0 Å². The molecule has 1 fully saturated rings. The summed E-state index contributed by atoms with van der Waals surface area (Å²) in [6.07, 6.45) is 5.95. The van der Waals surface area contributed by atoms with Crippen LogP contribution in [-0.2, 0) is 0 Å². The van der Waals surface area contributed by atoms with Gasteiger partial charge >= 0.3 is 5.69 Å². The van der Waals surface area contributed by atoms with E-state index in [1.165, 1.54) is 38.4 Å². The molecule has 1 aromatic rings. The molecule has 0 aromatic carbocycles. The number of pyridine rings is 1. The van der Waals surface area contributed by atoms with Gasteiger partial charge in [-0.15, -0.1) is 0 Å². The summed E-state index contributed by atoms with van der Waals surface area (Å²) in [4.78, 5) is 26.2. The van der Waals surface area contributed by atoms with E-state index >= 15 is 0 Å². The molecule has 114 valence electrons. The molecule has 21 heavy (non-hydrogen) atoms. The summed E-state index contributed by atoms with van der Waals surface area (Å²) in [5, 5.41) is 16.6. The monoisotopic (exact) mass is 292 g/mol. The maximum Gasteiger partial charge on any atom is 0.311 e. The number of aromatic nitrogens is 1. The smallest absolute Gasteiger partial charge is 0.311 e. The first-order chi connectivity index (χ1) is 10.1. The Balaban J connectivity index is 2.13. The number of nitro groups is 1. The number of carbonyl (C=O) groups excluding carboxylic acids is 1. The molecule has 2 rings (SSSR count). The first kappa shape index (κ1) is 15.2. The van der Waals surface area contributed by atoms with Gasteiger partial charge in [-0.1, -0.05) is 19.3 Å². The van der Waals surface area contributed by atoms with Crippen molar-refractivity contribution in [2.75, 3.05) is 18.9 Å². The van der Waals surface area contributed by atoms with Crippen LogP contribution in [0, 0.1) is 16.0 Å². The summed E-state index contributed by atoms with van der Waals surface area (Å²) in [5.74, 6) is 0.334. The van der Waals surface area contributed by atoms with Crippen molar-refractivity contribution in [2.45, 2.75) is 32.1 Å². The molecule has 2 N–H and O–H groups in total. The van der Waals surface area contributed by atoms with Gasteiger partial charge in [0, 0.05) is 19.7 Å². The normalized spacial score (nSPS) is 15.5. The number of nitrogens with zero attached hydrogens (tertiary/aromatic N) is 2. The van der Waals surface area contributed by atoms with Crippen LogP contribution in [0.25, 0.3) is 0 Å². The van der Waals surface area contributed by atoms with Crippen molar-refractivity contribution in [1.82, 2.24) is 10.3 Å². The van der Waals surface area contributed by atoms with Crippen LogP contribution < -0.4 is 10.6 Å². The highest BCUT2D eigenvalue weighted by atomic mass is 16.6. The molecule has 0 unspecified atom stereocenters. The van der Waals surface area contributed by atoms with Crippen molar-refractivity contribution < 1.29 is 9.72 Å². The zero-order valence-corrected chi connectivity index (χ0v) is 12.1. The van der Waals surface area contributed by atoms with Crippen LogP contribution in [0.3, 0.4) is 0 Å². The van der Waals surface area contributed by atoms with Crippen molar-refractivity contribution >= 4 is 17.4 Å². The van der Waals surface area contributed by atoms with E-state index in [4.69, 9.17) is 0 Å². The summed E-state index contributed by atoms with van der Waals surface area (Å²) in [5.41, 5.74) is 0.0766. The summed E-state index contributed by atoms with van der Waals surface area (Å²) >= 11 is 0. The molecule has 1 saturated carbocycles. The highest BCUT2D eigenvalue weighted by Gasteiger charge is 2.20. The average Bonchev–Trinajstić information content (AvgIpc) is 2.52. The van der Waals surface area contributed by atoms with Gasteiger partial charge in [0.05, 0.1) is 4.92 Å². The van der Waals surface area contributed by atoms with Crippen LogP contribution in [0.15, 0.2) is 12.1 Å². The minimum absolute atomic E-state index is 0.0986. The zero-order chi connectivity index (χ0) is 15.2. The highest BCUT2D eigenvalue weighted by molar-refractivity contribution is 5.92. The lowest BCUT2D eigenvalue weighted by atomic mass is 9.89. The zero-order valence-electron chi connectivity index (χ0n) is 12.1. The number of hydrogen-bond donors (Lipinski definition) is 2. The van der Waals surface area contributed by atoms with Crippen molar-refractivity contribution in [3.8, 4) is 0 Å². The Morgan fingerprint density at radius 1 is 1.38 bits per heavy atom. The van der Waals surface area contributed by atoms with Gasteiger partial charge in [-0.05, 0) is 24.8 Å². The number of amides is 1. The number of nitrogens with one attached hydrogen (secondary N) is 2. The molecule has 1 heterocycles. The Hall–Kier alpha value is -2.18. The molecular weight excluding hydrogens is 272 g/mol. The summed E-state index contributed by atoms with van der Waals surface area (Å²) < 4.78 is 0. The Bertz CT molecular complexity index is 527.